The number of benzene rings is 2. The van der Waals surface area contributed by atoms with Crippen molar-refractivity contribution < 1.29 is 17.6 Å². The van der Waals surface area contributed by atoms with Crippen LogP contribution in [0.3, 0.4) is 0 Å². The molecule has 7 nitrogen and oxygen atoms in total. The molecule has 4 rings (SSSR count). The van der Waals surface area contributed by atoms with E-state index in [1.165, 1.54) is 43.5 Å². The van der Waals surface area contributed by atoms with E-state index in [-0.39, 0.29) is 23.4 Å². The predicted molar refractivity (Wildman–Crippen MR) is 132 cm³/mol. The van der Waals surface area contributed by atoms with Crippen molar-refractivity contribution in [1.29, 1.82) is 0 Å². The minimum Gasteiger partial charge on any atom is -0.354 e. The van der Waals surface area contributed by atoms with Gasteiger partial charge in [-0.25, -0.2) is 4.39 Å². The van der Waals surface area contributed by atoms with Gasteiger partial charge in [-0.15, -0.1) is 0 Å². The fourth-order valence-corrected chi connectivity index (χ4v) is 3.96. The predicted octanol–water partition coefficient (Wildman–Crippen LogP) is 5.67. The highest BCUT2D eigenvalue weighted by Gasteiger charge is 2.30. The molecule has 3 N–H and O–H groups in total. The van der Waals surface area contributed by atoms with Gasteiger partial charge in [-0.2, -0.15) is 28.1 Å². The van der Waals surface area contributed by atoms with E-state index in [1.54, 1.807) is 12.1 Å². The molecule has 1 aromatic heterocycles. The average molecular weight is 504 g/mol. The minimum absolute atomic E-state index is 0.101. The molecule has 2 aromatic carbocycles. The Balaban J connectivity index is 1.45. The van der Waals surface area contributed by atoms with Crippen molar-refractivity contribution in [3.63, 3.8) is 0 Å². The smallest absolute Gasteiger partial charge is 0.354 e. The van der Waals surface area contributed by atoms with Crippen molar-refractivity contribution in [3.05, 3.63) is 65.5 Å². The number of alkyl halides is 3. The van der Waals surface area contributed by atoms with Gasteiger partial charge in [-0.1, -0.05) is 24.6 Å². The zero-order valence-electron chi connectivity index (χ0n) is 19.8. The first-order valence-corrected chi connectivity index (χ1v) is 12.0. The Kier molecular flexibility index (Phi) is 8.52. The largest absolute Gasteiger partial charge is 0.416 e. The van der Waals surface area contributed by atoms with E-state index in [0.717, 1.165) is 43.8 Å². The Morgan fingerprint density at radius 1 is 0.833 bits per heavy atom. The van der Waals surface area contributed by atoms with Crippen molar-refractivity contribution in [2.75, 3.05) is 42.1 Å². The molecular formula is C25H29F4N7. The van der Waals surface area contributed by atoms with Crippen LogP contribution in [0, 0.1) is 5.82 Å². The topological polar surface area (TPSA) is 78.0 Å². The third kappa shape index (κ3) is 7.77. The van der Waals surface area contributed by atoms with Gasteiger partial charge in [0.15, 0.2) is 0 Å². The molecule has 1 aliphatic heterocycles. The highest BCUT2D eigenvalue weighted by molar-refractivity contribution is 5.57. The average Bonchev–Trinajstić information content (AvgIpc) is 2.87. The van der Waals surface area contributed by atoms with Gasteiger partial charge in [0.05, 0.1) is 5.56 Å². The van der Waals surface area contributed by atoms with Crippen LogP contribution in [0.25, 0.3) is 0 Å². The zero-order valence-corrected chi connectivity index (χ0v) is 19.8. The van der Waals surface area contributed by atoms with Crippen molar-refractivity contribution >= 4 is 23.5 Å². The Hall–Kier alpha value is -3.47. The molecule has 0 aliphatic carbocycles. The molecule has 1 saturated heterocycles. The summed E-state index contributed by atoms with van der Waals surface area (Å²) in [4.78, 5) is 15.5. The Morgan fingerprint density at radius 2 is 1.53 bits per heavy atom. The van der Waals surface area contributed by atoms with E-state index in [1.807, 2.05) is 0 Å². The van der Waals surface area contributed by atoms with Crippen molar-refractivity contribution in [3.8, 4) is 0 Å². The van der Waals surface area contributed by atoms with Crippen molar-refractivity contribution in [2.24, 2.45) is 0 Å². The van der Waals surface area contributed by atoms with Gasteiger partial charge < -0.3 is 20.9 Å². The molecule has 0 unspecified atom stereocenters. The van der Waals surface area contributed by atoms with E-state index in [4.69, 9.17) is 0 Å². The summed E-state index contributed by atoms with van der Waals surface area (Å²) in [7, 11) is 0. The van der Waals surface area contributed by atoms with Gasteiger partial charge in [-0.05, 0) is 74.8 Å². The normalized spacial score (nSPS) is 14.4. The fraction of sp³-hybridized carbons (Fsp3) is 0.400. The number of hydrogen-bond donors (Lipinski definition) is 3. The van der Waals surface area contributed by atoms with Crippen LogP contribution in [-0.4, -0.2) is 46.0 Å². The van der Waals surface area contributed by atoms with E-state index >= 15 is 0 Å². The number of piperidine rings is 1. The first-order valence-electron chi connectivity index (χ1n) is 12.0. The maximum Gasteiger partial charge on any atom is 0.416 e. The molecule has 0 spiro atoms. The molecule has 0 atom stereocenters. The monoisotopic (exact) mass is 503 g/mol. The number of hydrogen-bond acceptors (Lipinski definition) is 7. The molecule has 0 saturated carbocycles. The molecule has 0 bridgehead atoms. The van der Waals surface area contributed by atoms with Crippen molar-refractivity contribution in [1.82, 2.24) is 19.9 Å². The first-order chi connectivity index (χ1) is 17.3. The number of likely N-dealkylation sites (tertiary alicyclic amines) is 1. The summed E-state index contributed by atoms with van der Waals surface area (Å²) in [6.07, 6.45) is 0.193. The molecule has 36 heavy (non-hydrogen) atoms. The van der Waals surface area contributed by atoms with Gasteiger partial charge in [-0.3, -0.25) is 0 Å². The van der Waals surface area contributed by atoms with Crippen LogP contribution >= 0.6 is 0 Å². The summed E-state index contributed by atoms with van der Waals surface area (Å²) in [5.74, 6) is 0.314. The summed E-state index contributed by atoms with van der Waals surface area (Å²) in [5.41, 5.74) is 0.254. The molecule has 1 fully saturated rings. The van der Waals surface area contributed by atoms with Gasteiger partial charge in [0.1, 0.15) is 5.82 Å². The van der Waals surface area contributed by atoms with E-state index in [2.05, 4.69) is 35.8 Å². The Labute approximate surface area is 207 Å². The highest BCUT2D eigenvalue weighted by Crippen LogP contribution is 2.31. The lowest BCUT2D eigenvalue weighted by Crippen LogP contribution is -2.31. The third-order valence-corrected chi connectivity index (χ3v) is 5.83. The molecule has 2 heterocycles. The number of rotatable bonds is 10. The molecule has 3 aromatic rings. The maximum absolute atomic E-state index is 13.2. The molecular weight excluding hydrogens is 474 g/mol. The van der Waals surface area contributed by atoms with E-state index < -0.39 is 11.7 Å². The van der Waals surface area contributed by atoms with Crippen LogP contribution in [0.15, 0.2) is 48.5 Å². The maximum atomic E-state index is 13.2. The summed E-state index contributed by atoms with van der Waals surface area (Å²) in [6.45, 7) is 4.19. The number of nitrogens with zero attached hydrogens (tertiary/aromatic N) is 4. The van der Waals surface area contributed by atoms with Crippen LogP contribution in [-0.2, 0) is 12.7 Å². The lowest BCUT2D eigenvalue weighted by molar-refractivity contribution is -0.137. The van der Waals surface area contributed by atoms with Crippen LogP contribution in [0.2, 0.25) is 0 Å². The number of halogens is 4. The lowest BCUT2D eigenvalue weighted by Gasteiger charge is -2.26. The molecule has 0 radical (unpaired) electrons. The summed E-state index contributed by atoms with van der Waals surface area (Å²) in [5, 5.41) is 9.11. The number of aromatic nitrogens is 3. The van der Waals surface area contributed by atoms with Crippen LogP contribution < -0.4 is 16.0 Å². The van der Waals surface area contributed by atoms with Gasteiger partial charge in [0.25, 0.3) is 0 Å². The lowest BCUT2D eigenvalue weighted by atomic mass is 10.1. The van der Waals surface area contributed by atoms with Gasteiger partial charge in [0.2, 0.25) is 17.8 Å². The molecule has 0 amide bonds. The van der Waals surface area contributed by atoms with Gasteiger partial charge >= 0.3 is 6.18 Å². The SMILES string of the molecule is Fc1ccc(CNc2nc(NCCCN3CCCCC3)nc(Nc3cccc(C(F)(F)F)c3)n2)cc1. The van der Waals surface area contributed by atoms with Crippen LogP contribution in [0.5, 0.6) is 0 Å². The van der Waals surface area contributed by atoms with Crippen LogP contribution in [0.1, 0.15) is 36.8 Å². The second-order valence-electron chi connectivity index (χ2n) is 8.67. The molecule has 11 heteroatoms. The quantitative estimate of drug-likeness (QED) is 0.243. The third-order valence-electron chi connectivity index (χ3n) is 5.83. The van der Waals surface area contributed by atoms with E-state index in [0.29, 0.717) is 19.0 Å². The highest BCUT2D eigenvalue weighted by atomic mass is 19.4. The van der Waals surface area contributed by atoms with E-state index in [9.17, 15) is 17.6 Å². The fourth-order valence-electron chi connectivity index (χ4n) is 3.96. The Morgan fingerprint density at radius 3 is 2.25 bits per heavy atom. The second-order valence-corrected chi connectivity index (χ2v) is 8.67. The van der Waals surface area contributed by atoms with Gasteiger partial charge in [0, 0.05) is 18.8 Å². The molecule has 192 valence electrons. The standard InChI is InChI=1S/C25H29F4N7/c26-20-10-8-18(9-11-20)17-31-23-33-22(30-12-5-15-36-13-2-1-3-14-36)34-24(35-23)32-21-7-4-6-19(16-21)25(27,28)29/h4,6-11,16H,1-3,5,12-15,17H2,(H3,30,31,32,33,34,35). The Bertz CT molecular complexity index is 1120. The number of nitrogens with one attached hydrogen (secondary N) is 3. The zero-order chi connectivity index (χ0) is 25.4. The first kappa shape index (κ1) is 25.6. The van der Waals surface area contributed by atoms with Crippen molar-refractivity contribution in [2.45, 2.75) is 38.4 Å². The number of anilines is 4. The minimum atomic E-state index is -4.46. The summed E-state index contributed by atoms with van der Waals surface area (Å²) < 4.78 is 52.5. The molecule has 1 aliphatic rings. The summed E-state index contributed by atoms with van der Waals surface area (Å²) in [6, 6.07) is 10.8. The van der Waals surface area contributed by atoms with Crippen LogP contribution in [0.4, 0.5) is 41.1 Å². The summed E-state index contributed by atoms with van der Waals surface area (Å²) >= 11 is 0. The second kappa shape index (κ2) is 12.0.